The highest BCUT2D eigenvalue weighted by molar-refractivity contribution is 5.66. The minimum atomic E-state index is 0.159. The van der Waals surface area contributed by atoms with Gasteiger partial charge in [0.15, 0.2) is 11.5 Å². The molecular formula is C16H21N3O3. The molecule has 1 aromatic heterocycles. The summed E-state index contributed by atoms with van der Waals surface area (Å²) in [7, 11) is 3.46. The smallest absolute Gasteiger partial charge is 0.162 e. The molecule has 0 aliphatic carbocycles. The molecule has 3 rings (SSSR count). The van der Waals surface area contributed by atoms with Gasteiger partial charge in [-0.15, -0.1) is 0 Å². The van der Waals surface area contributed by atoms with Crippen molar-refractivity contribution < 1.29 is 14.2 Å². The predicted octanol–water partition coefficient (Wildman–Crippen LogP) is 2.24. The summed E-state index contributed by atoms with van der Waals surface area (Å²) in [5, 5.41) is 4.40. The first-order chi connectivity index (χ1) is 10.7. The maximum Gasteiger partial charge on any atom is 0.162 e. The Labute approximate surface area is 129 Å². The SMILES string of the molecule is COc1ccc(-c2cc(N)n(C)n2)cc1OC1CCOCC1. The maximum atomic E-state index is 6.11. The van der Waals surface area contributed by atoms with E-state index >= 15 is 0 Å². The second kappa shape index (κ2) is 6.27. The molecule has 2 N–H and O–H groups in total. The third-order valence-electron chi connectivity index (χ3n) is 3.84. The molecule has 0 unspecified atom stereocenters. The van der Waals surface area contributed by atoms with Gasteiger partial charge in [-0.25, -0.2) is 0 Å². The summed E-state index contributed by atoms with van der Waals surface area (Å²) in [5.41, 5.74) is 7.62. The summed E-state index contributed by atoms with van der Waals surface area (Å²) >= 11 is 0. The predicted molar refractivity (Wildman–Crippen MR) is 84.1 cm³/mol. The van der Waals surface area contributed by atoms with E-state index in [4.69, 9.17) is 19.9 Å². The van der Waals surface area contributed by atoms with Crippen LogP contribution in [0.5, 0.6) is 11.5 Å². The number of rotatable bonds is 4. The Morgan fingerprint density at radius 1 is 1.23 bits per heavy atom. The van der Waals surface area contributed by atoms with Crippen LogP contribution in [0.4, 0.5) is 5.82 Å². The molecule has 1 fully saturated rings. The van der Waals surface area contributed by atoms with Crippen LogP contribution in [0.1, 0.15) is 12.8 Å². The fourth-order valence-electron chi connectivity index (χ4n) is 2.52. The van der Waals surface area contributed by atoms with E-state index < -0.39 is 0 Å². The first kappa shape index (κ1) is 14.7. The summed E-state index contributed by atoms with van der Waals surface area (Å²) in [6.45, 7) is 1.48. The van der Waals surface area contributed by atoms with Gasteiger partial charge in [-0.1, -0.05) is 0 Å². The third kappa shape index (κ3) is 3.01. The number of nitrogens with zero attached hydrogens (tertiary/aromatic N) is 2. The monoisotopic (exact) mass is 303 g/mol. The molecule has 1 aliphatic rings. The quantitative estimate of drug-likeness (QED) is 0.938. The van der Waals surface area contributed by atoms with Crippen LogP contribution in [0, 0.1) is 0 Å². The number of ether oxygens (including phenoxy) is 3. The number of hydrogen-bond donors (Lipinski definition) is 1. The molecule has 0 amide bonds. The molecule has 1 aliphatic heterocycles. The van der Waals surface area contributed by atoms with Crippen LogP contribution in [-0.2, 0) is 11.8 Å². The molecule has 118 valence electrons. The van der Waals surface area contributed by atoms with Gasteiger partial charge >= 0.3 is 0 Å². The molecule has 1 saturated heterocycles. The van der Waals surface area contributed by atoms with Gasteiger partial charge in [0.25, 0.3) is 0 Å². The number of anilines is 1. The van der Waals surface area contributed by atoms with E-state index in [1.165, 1.54) is 0 Å². The highest BCUT2D eigenvalue weighted by Gasteiger charge is 2.18. The highest BCUT2D eigenvalue weighted by atomic mass is 16.5. The lowest BCUT2D eigenvalue weighted by Crippen LogP contribution is -2.26. The molecule has 0 radical (unpaired) electrons. The third-order valence-corrected chi connectivity index (χ3v) is 3.84. The van der Waals surface area contributed by atoms with Crippen LogP contribution < -0.4 is 15.2 Å². The van der Waals surface area contributed by atoms with Crippen LogP contribution in [-0.4, -0.2) is 36.2 Å². The molecule has 0 spiro atoms. The molecule has 1 aromatic carbocycles. The molecule has 22 heavy (non-hydrogen) atoms. The first-order valence-electron chi connectivity index (χ1n) is 7.39. The van der Waals surface area contributed by atoms with Crippen molar-refractivity contribution in [1.82, 2.24) is 9.78 Å². The van der Waals surface area contributed by atoms with E-state index in [0.29, 0.717) is 5.82 Å². The van der Waals surface area contributed by atoms with Crippen molar-refractivity contribution in [3.8, 4) is 22.8 Å². The largest absolute Gasteiger partial charge is 0.493 e. The van der Waals surface area contributed by atoms with E-state index in [1.807, 2.05) is 31.3 Å². The summed E-state index contributed by atoms with van der Waals surface area (Å²) < 4.78 is 18.5. The lowest BCUT2D eigenvalue weighted by Gasteiger charge is -2.24. The fourth-order valence-corrected chi connectivity index (χ4v) is 2.52. The molecular weight excluding hydrogens is 282 g/mol. The minimum absolute atomic E-state index is 0.159. The molecule has 0 saturated carbocycles. The van der Waals surface area contributed by atoms with Crippen LogP contribution in [0.2, 0.25) is 0 Å². The number of benzene rings is 1. The zero-order chi connectivity index (χ0) is 15.5. The number of methoxy groups -OCH3 is 1. The van der Waals surface area contributed by atoms with Gasteiger partial charge in [-0.3, -0.25) is 4.68 Å². The van der Waals surface area contributed by atoms with Crippen LogP contribution in [0.25, 0.3) is 11.3 Å². The summed E-state index contributed by atoms with van der Waals surface area (Å²) in [4.78, 5) is 0. The van der Waals surface area contributed by atoms with Gasteiger partial charge in [-0.2, -0.15) is 5.10 Å². The lowest BCUT2D eigenvalue weighted by atomic mass is 10.1. The van der Waals surface area contributed by atoms with Crippen molar-refractivity contribution in [2.45, 2.75) is 18.9 Å². The van der Waals surface area contributed by atoms with E-state index in [9.17, 15) is 0 Å². The van der Waals surface area contributed by atoms with Gasteiger partial charge in [0.1, 0.15) is 11.9 Å². The number of nitrogen functional groups attached to an aromatic ring is 1. The fraction of sp³-hybridized carbons (Fsp3) is 0.438. The van der Waals surface area contributed by atoms with E-state index in [0.717, 1.165) is 48.8 Å². The highest BCUT2D eigenvalue weighted by Crippen LogP contribution is 2.34. The number of aromatic nitrogens is 2. The topological polar surface area (TPSA) is 71.5 Å². The van der Waals surface area contributed by atoms with Crippen LogP contribution in [0.3, 0.4) is 0 Å². The Hall–Kier alpha value is -2.21. The number of hydrogen-bond acceptors (Lipinski definition) is 5. The Morgan fingerprint density at radius 3 is 2.64 bits per heavy atom. The van der Waals surface area contributed by atoms with E-state index in [1.54, 1.807) is 11.8 Å². The van der Waals surface area contributed by atoms with Gasteiger partial charge in [-0.05, 0) is 18.2 Å². The van der Waals surface area contributed by atoms with Gasteiger partial charge in [0.05, 0.1) is 26.0 Å². The van der Waals surface area contributed by atoms with Crippen molar-refractivity contribution in [2.75, 3.05) is 26.1 Å². The Balaban J connectivity index is 1.88. The van der Waals surface area contributed by atoms with Crippen molar-refractivity contribution in [3.05, 3.63) is 24.3 Å². The summed E-state index contributed by atoms with van der Waals surface area (Å²) in [6.07, 6.45) is 1.94. The van der Waals surface area contributed by atoms with Crippen molar-refractivity contribution in [2.24, 2.45) is 7.05 Å². The zero-order valence-corrected chi connectivity index (χ0v) is 12.9. The number of nitrogens with two attached hydrogens (primary N) is 1. The molecule has 6 nitrogen and oxygen atoms in total. The maximum absolute atomic E-state index is 6.11. The Kier molecular flexibility index (Phi) is 4.20. The van der Waals surface area contributed by atoms with Crippen LogP contribution in [0.15, 0.2) is 24.3 Å². The zero-order valence-electron chi connectivity index (χ0n) is 12.9. The van der Waals surface area contributed by atoms with Crippen molar-refractivity contribution in [3.63, 3.8) is 0 Å². The van der Waals surface area contributed by atoms with E-state index in [2.05, 4.69) is 5.10 Å². The van der Waals surface area contributed by atoms with Crippen LogP contribution >= 0.6 is 0 Å². The minimum Gasteiger partial charge on any atom is -0.493 e. The standard InChI is InChI=1S/C16H21N3O3/c1-19-16(17)10-13(18-19)11-3-4-14(20-2)15(9-11)22-12-5-7-21-8-6-12/h3-4,9-10,12H,5-8,17H2,1-2H3. The average Bonchev–Trinajstić information content (AvgIpc) is 2.88. The Bertz CT molecular complexity index is 629. The molecule has 0 atom stereocenters. The molecule has 2 aromatic rings. The molecule has 6 heteroatoms. The van der Waals surface area contributed by atoms with Gasteiger partial charge < -0.3 is 19.9 Å². The van der Waals surface area contributed by atoms with Crippen molar-refractivity contribution >= 4 is 5.82 Å². The van der Waals surface area contributed by atoms with Gasteiger partial charge in [0.2, 0.25) is 0 Å². The molecule has 0 bridgehead atoms. The second-order valence-corrected chi connectivity index (χ2v) is 5.37. The second-order valence-electron chi connectivity index (χ2n) is 5.37. The normalized spacial score (nSPS) is 15.7. The molecule has 2 heterocycles. The lowest BCUT2D eigenvalue weighted by molar-refractivity contribution is 0.0246. The van der Waals surface area contributed by atoms with Gasteiger partial charge in [0, 0.05) is 31.5 Å². The first-order valence-corrected chi connectivity index (χ1v) is 7.39. The van der Waals surface area contributed by atoms with E-state index in [-0.39, 0.29) is 6.10 Å². The van der Waals surface area contributed by atoms with Crippen molar-refractivity contribution in [1.29, 1.82) is 0 Å². The summed E-state index contributed by atoms with van der Waals surface area (Å²) in [5.74, 6) is 2.08. The summed E-state index contributed by atoms with van der Waals surface area (Å²) in [6, 6.07) is 7.66. The Morgan fingerprint density at radius 2 is 2.00 bits per heavy atom. The average molecular weight is 303 g/mol. The number of aryl methyl sites for hydroxylation is 1.